The number of nitrogens with zero attached hydrogens (tertiary/aromatic N) is 4. The van der Waals surface area contributed by atoms with Crippen molar-refractivity contribution in [1.29, 1.82) is 0 Å². The van der Waals surface area contributed by atoms with Crippen LogP contribution in [0.3, 0.4) is 0 Å². The monoisotopic (exact) mass is 468 g/mol. The van der Waals surface area contributed by atoms with E-state index in [2.05, 4.69) is 43.9 Å². The zero-order valence-electron chi connectivity index (χ0n) is 19.1. The summed E-state index contributed by atoms with van der Waals surface area (Å²) < 4.78 is 2.19. The highest BCUT2D eigenvalue weighted by molar-refractivity contribution is 8.00. The van der Waals surface area contributed by atoms with E-state index in [1.165, 1.54) is 30.2 Å². The highest BCUT2D eigenvalue weighted by Crippen LogP contribution is 2.37. The summed E-state index contributed by atoms with van der Waals surface area (Å²) in [5.74, 6) is 1.03. The predicted octanol–water partition coefficient (Wildman–Crippen LogP) is 5.64. The first kappa shape index (κ1) is 22.6. The lowest BCUT2D eigenvalue weighted by molar-refractivity contribution is 0.0989. The van der Waals surface area contributed by atoms with E-state index < -0.39 is 5.25 Å². The number of aromatic nitrogens is 3. The van der Waals surface area contributed by atoms with Gasteiger partial charge in [-0.15, -0.1) is 10.2 Å². The molecule has 0 amide bonds. The summed E-state index contributed by atoms with van der Waals surface area (Å²) in [4.78, 5) is 16.1. The Bertz CT molecular complexity index is 1210. The maximum Gasteiger partial charge on any atom is 0.192 e. The smallest absolute Gasteiger partial charge is 0.192 e. The molecule has 1 saturated heterocycles. The first-order chi connectivity index (χ1) is 16.8. The lowest BCUT2D eigenvalue weighted by Crippen LogP contribution is -2.22. The second kappa shape index (κ2) is 10.8. The van der Waals surface area contributed by atoms with E-state index in [0.29, 0.717) is 12.1 Å². The second-order valence-electron chi connectivity index (χ2n) is 8.59. The minimum Gasteiger partial charge on any atom is -0.300 e. The molecular formula is C28H28N4OS. The Morgan fingerprint density at radius 1 is 0.794 bits per heavy atom. The Balaban J connectivity index is 1.49. The molecule has 1 aliphatic rings. The summed E-state index contributed by atoms with van der Waals surface area (Å²) in [7, 11) is 0. The first-order valence-corrected chi connectivity index (χ1v) is 12.6. The number of hydrogen-bond acceptors (Lipinski definition) is 5. The Morgan fingerprint density at radius 2 is 1.41 bits per heavy atom. The molecule has 172 valence electrons. The van der Waals surface area contributed by atoms with Gasteiger partial charge in [-0.05, 0) is 37.1 Å². The third-order valence-corrected chi connectivity index (χ3v) is 7.40. The largest absolute Gasteiger partial charge is 0.300 e. The van der Waals surface area contributed by atoms with E-state index in [0.717, 1.165) is 36.2 Å². The van der Waals surface area contributed by atoms with Crippen LogP contribution in [-0.4, -0.2) is 38.5 Å². The van der Waals surface area contributed by atoms with Crippen molar-refractivity contribution in [3.05, 3.63) is 114 Å². The molecule has 6 heteroatoms. The van der Waals surface area contributed by atoms with Crippen LogP contribution in [0.1, 0.15) is 45.4 Å². The van der Waals surface area contributed by atoms with E-state index in [1.807, 2.05) is 66.7 Å². The third-order valence-electron chi connectivity index (χ3n) is 6.16. The summed E-state index contributed by atoms with van der Waals surface area (Å²) in [5.41, 5.74) is 2.87. The summed E-state index contributed by atoms with van der Waals surface area (Å²) in [5, 5.41) is 9.56. The molecular weight excluding hydrogens is 440 g/mol. The number of carbonyl (C=O) groups excluding carboxylic acids is 1. The van der Waals surface area contributed by atoms with Crippen molar-refractivity contribution in [3.8, 4) is 0 Å². The van der Waals surface area contributed by atoms with E-state index in [1.54, 1.807) is 0 Å². The lowest BCUT2D eigenvalue weighted by Gasteiger charge is -2.18. The Kier molecular flexibility index (Phi) is 7.17. The molecule has 1 aromatic heterocycles. The topological polar surface area (TPSA) is 51.0 Å². The fraction of sp³-hybridized carbons (Fsp3) is 0.250. The van der Waals surface area contributed by atoms with Gasteiger partial charge in [-0.25, -0.2) is 0 Å². The van der Waals surface area contributed by atoms with Gasteiger partial charge in [0.2, 0.25) is 0 Å². The molecule has 5 nitrogen and oxygen atoms in total. The SMILES string of the molecule is O=C(c1ccccc1)[C@H](Sc1nnc(CN2CCCC2)n1Cc1ccccc1)c1ccccc1. The molecule has 1 atom stereocenters. The average molecular weight is 469 g/mol. The highest BCUT2D eigenvalue weighted by atomic mass is 32.2. The van der Waals surface area contributed by atoms with E-state index in [9.17, 15) is 4.79 Å². The molecule has 0 saturated carbocycles. The zero-order valence-corrected chi connectivity index (χ0v) is 19.9. The molecule has 0 unspecified atom stereocenters. The van der Waals surface area contributed by atoms with Crippen LogP contribution >= 0.6 is 11.8 Å². The van der Waals surface area contributed by atoms with Gasteiger partial charge < -0.3 is 4.57 Å². The van der Waals surface area contributed by atoms with Crippen molar-refractivity contribution < 1.29 is 4.79 Å². The minimum absolute atomic E-state index is 0.0761. The maximum absolute atomic E-state index is 13.6. The number of ketones is 1. The Labute approximate surface area is 204 Å². The van der Waals surface area contributed by atoms with Crippen LogP contribution in [0, 0.1) is 0 Å². The van der Waals surface area contributed by atoms with Crippen molar-refractivity contribution in [3.63, 3.8) is 0 Å². The summed E-state index contributed by atoms with van der Waals surface area (Å²) in [6.45, 7) is 3.66. The fourth-order valence-electron chi connectivity index (χ4n) is 4.35. The summed E-state index contributed by atoms with van der Waals surface area (Å²) >= 11 is 1.49. The molecule has 0 aliphatic carbocycles. The normalized spacial score (nSPS) is 14.8. The molecule has 0 spiro atoms. The molecule has 1 fully saturated rings. The van der Waals surface area contributed by atoms with Crippen LogP contribution in [0.25, 0.3) is 0 Å². The quantitative estimate of drug-likeness (QED) is 0.235. The zero-order chi connectivity index (χ0) is 23.2. The molecule has 3 aromatic carbocycles. The number of rotatable bonds is 9. The third kappa shape index (κ3) is 5.29. The Hall–Kier alpha value is -3.22. The van der Waals surface area contributed by atoms with Gasteiger partial charge in [0, 0.05) is 5.56 Å². The van der Waals surface area contributed by atoms with Crippen molar-refractivity contribution in [1.82, 2.24) is 19.7 Å². The van der Waals surface area contributed by atoms with Crippen LogP contribution in [0.5, 0.6) is 0 Å². The minimum atomic E-state index is -0.401. The molecule has 0 bridgehead atoms. The lowest BCUT2D eigenvalue weighted by atomic mass is 10.0. The van der Waals surface area contributed by atoms with E-state index in [4.69, 9.17) is 0 Å². The number of benzene rings is 3. The van der Waals surface area contributed by atoms with Crippen LogP contribution in [0.4, 0.5) is 0 Å². The van der Waals surface area contributed by atoms with Crippen molar-refractivity contribution >= 4 is 17.5 Å². The van der Waals surface area contributed by atoms with Gasteiger partial charge in [-0.1, -0.05) is 103 Å². The van der Waals surface area contributed by atoms with Gasteiger partial charge in [0.15, 0.2) is 10.9 Å². The van der Waals surface area contributed by atoms with Crippen LogP contribution in [-0.2, 0) is 13.1 Å². The highest BCUT2D eigenvalue weighted by Gasteiger charge is 2.27. The standard InChI is InChI=1S/C28H28N4OS/c33-26(23-14-6-2-7-15-23)27(24-16-8-3-9-17-24)34-28-30-29-25(21-31-18-10-11-19-31)32(28)20-22-12-4-1-5-13-22/h1-9,12-17,27H,10-11,18-21H2/t27-/m1/s1. The molecule has 0 N–H and O–H groups in total. The van der Waals surface area contributed by atoms with Crippen LogP contribution in [0.2, 0.25) is 0 Å². The van der Waals surface area contributed by atoms with Gasteiger partial charge in [0.1, 0.15) is 11.1 Å². The van der Waals surface area contributed by atoms with Crippen LogP contribution < -0.4 is 0 Å². The summed E-state index contributed by atoms with van der Waals surface area (Å²) in [6.07, 6.45) is 2.46. The number of carbonyl (C=O) groups is 1. The molecule has 5 rings (SSSR count). The number of Topliss-reactive ketones (excluding diaryl/α,β-unsaturated/α-hetero) is 1. The number of likely N-dealkylation sites (tertiary alicyclic amines) is 1. The molecule has 1 aliphatic heterocycles. The summed E-state index contributed by atoms with van der Waals surface area (Å²) in [6, 6.07) is 29.9. The molecule has 2 heterocycles. The van der Waals surface area contributed by atoms with E-state index >= 15 is 0 Å². The van der Waals surface area contributed by atoms with Crippen molar-refractivity contribution in [2.75, 3.05) is 13.1 Å². The average Bonchev–Trinajstić information content (AvgIpc) is 3.54. The Morgan fingerprint density at radius 3 is 2.09 bits per heavy atom. The van der Waals surface area contributed by atoms with Crippen LogP contribution in [0.15, 0.2) is 96.2 Å². The van der Waals surface area contributed by atoms with Crippen molar-refractivity contribution in [2.24, 2.45) is 0 Å². The molecule has 34 heavy (non-hydrogen) atoms. The fourth-order valence-corrected chi connectivity index (χ4v) is 5.48. The van der Waals surface area contributed by atoms with Gasteiger partial charge in [-0.3, -0.25) is 9.69 Å². The second-order valence-corrected chi connectivity index (χ2v) is 9.66. The van der Waals surface area contributed by atoms with Gasteiger partial charge in [-0.2, -0.15) is 0 Å². The van der Waals surface area contributed by atoms with Gasteiger partial charge >= 0.3 is 0 Å². The molecule has 4 aromatic rings. The van der Waals surface area contributed by atoms with Gasteiger partial charge in [0.25, 0.3) is 0 Å². The number of hydrogen-bond donors (Lipinski definition) is 0. The molecule has 0 radical (unpaired) electrons. The number of thioether (sulfide) groups is 1. The predicted molar refractivity (Wildman–Crippen MR) is 136 cm³/mol. The maximum atomic E-state index is 13.6. The van der Waals surface area contributed by atoms with Gasteiger partial charge in [0.05, 0.1) is 13.1 Å². The van der Waals surface area contributed by atoms with Crippen molar-refractivity contribution in [2.45, 2.75) is 36.3 Å². The first-order valence-electron chi connectivity index (χ1n) is 11.8. The van der Waals surface area contributed by atoms with E-state index in [-0.39, 0.29) is 5.78 Å².